The van der Waals surface area contributed by atoms with Gasteiger partial charge in [0.2, 0.25) is 5.75 Å². The van der Waals surface area contributed by atoms with E-state index in [1.54, 1.807) is 40.6 Å². The van der Waals surface area contributed by atoms with Gasteiger partial charge in [0.1, 0.15) is 12.8 Å². The van der Waals surface area contributed by atoms with Gasteiger partial charge in [-0.3, -0.25) is 4.79 Å². The summed E-state index contributed by atoms with van der Waals surface area (Å²) >= 11 is 0. The van der Waals surface area contributed by atoms with Crippen LogP contribution in [0.15, 0.2) is 60.8 Å². The molecule has 1 unspecified atom stereocenters. The molecule has 8 heteroatoms. The average molecular weight is 529 g/mol. The van der Waals surface area contributed by atoms with Crippen molar-refractivity contribution in [2.75, 3.05) is 35.0 Å². The molecule has 2 atom stereocenters. The van der Waals surface area contributed by atoms with Gasteiger partial charge in [-0.05, 0) is 47.0 Å². The summed E-state index contributed by atoms with van der Waals surface area (Å²) in [5, 5.41) is 14.8. The number of carbonyl (C=O) groups is 1. The van der Waals surface area contributed by atoms with Crippen molar-refractivity contribution in [3.63, 3.8) is 0 Å². The molecule has 39 heavy (non-hydrogen) atoms. The summed E-state index contributed by atoms with van der Waals surface area (Å²) in [7, 11) is 6.19. The lowest BCUT2D eigenvalue weighted by Crippen LogP contribution is -2.38. The van der Waals surface area contributed by atoms with Crippen LogP contribution in [-0.2, 0) is 4.74 Å². The number of methoxy groups -OCH3 is 4. The van der Waals surface area contributed by atoms with Gasteiger partial charge in [-0.15, -0.1) is 0 Å². The van der Waals surface area contributed by atoms with E-state index in [4.69, 9.17) is 18.9 Å². The van der Waals surface area contributed by atoms with Crippen LogP contribution in [0, 0.1) is 11.8 Å². The summed E-state index contributed by atoms with van der Waals surface area (Å²) < 4.78 is 21.5. The molecular weight excluding hydrogens is 496 g/mol. The van der Waals surface area contributed by atoms with E-state index in [2.05, 4.69) is 22.1 Å². The van der Waals surface area contributed by atoms with Crippen molar-refractivity contribution in [2.24, 2.45) is 0 Å². The van der Waals surface area contributed by atoms with Crippen LogP contribution < -0.4 is 19.5 Å². The van der Waals surface area contributed by atoms with Gasteiger partial charge in [0, 0.05) is 35.7 Å². The van der Waals surface area contributed by atoms with Gasteiger partial charge >= 0.3 is 0 Å². The summed E-state index contributed by atoms with van der Waals surface area (Å²) in [4.78, 5) is 16.7. The molecule has 3 N–H and O–H groups in total. The van der Waals surface area contributed by atoms with Crippen LogP contribution in [0.2, 0.25) is 0 Å². The number of aliphatic hydroxyl groups is 1. The number of H-pyrrole nitrogens is 1. The number of rotatable bonds is 9. The second-order valence-corrected chi connectivity index (χ2v) is 8.91. The van der Waals surface area contributed by atoms with E-state index in [0.29, 0.717) is 28.4 Å². The Morgan fingerprint density at radius 2 is 1.69 bits per heavy atom. The molecule has 4 rings (SSSR count). The zero-order chi connectivity index (χ0) is 27.9. The van der Waals surface area contributed by atoms with Gasteiger partial charge < -0.3 is 34.4 Å². The fourth-order valence-corrected chi connectivity index (χ4v) is 4.45. The molecule has 0 radical (unpaired) electrons. The third kappa shape index (κ3) is 5.85. The highest BCUT2D eigenvalue weighted by Crippen LogP contribution is 2.41. The molecule has 8 nitrogen and oxygen atoms in total. The van der Waals surface area contributed by atoms with Gasteiger partial charge in [-0.25, -0.2) is 0 Å². The standard InChI is InChI=1S/C31H32N2O6/c1-19(25-18-32-26-11-7-6-10-23(25)26)30(34)33-31(35)24-15-21(13-12-20(24)9-8-14-36-2)22-16-27(37-3)29(39-5)28(17-22)38-4/h6-7,10-13,15-19,30,32,34H,14H2,1-5H3,(H,33,35)/t19?,30-/m1/s1. The summed E-state index contributed by atoms with van der Waals surface area (Å²) in [5.41, 5.74) is 4.18. The molecule has 1 aromatic heterocycles. The maximum atomic E-state index is 13.5. The Balaban J connectivity index is 1.69. The molecule has 0 bridgehead atoms. The van der Waals surface area contributed by atoms with E-state index in [1.165, 1.54) is 0 Å². The zero-order valence-corrected chi connectivity index (χ0v) is 22.6. The summed E-state index contributed by atoms with van der Waals surface area (Å²) in [6, 6.07) is 16.8. The van der Waals surface area contributed by atoms with Crippen molar-refractivity contribution in [3.05, 3.63) is 77.5 Å². The summed E-state index contributed by atoms with van der Waals surface area (Å²) in [6.45, 7) is 2.09. The Bertz CT molecular complexity index is 1510. The Labute approximate surface area is 227 Å². The lowest BCUT2D eigenvalue weighted by molar-refractivity contribution is 0.0728. The summed E-state index contributed by atoms with van der Waals surface area (Å²) in [6.07, 6.45) is 0.721. The number of hydrogen-bond acceptors (Lipinski definition) is 6. The van der Waals surface area contributed by atoms with Gasteiger partial charge in [-0.2, -0.15) is 0 Å². The van der Waals surface area contributed by atoms with Gasteiger partial charge in [0.25, 0.3) is 5.91 Å². The Hall–Kier alpha value is -4.45. The lowest BCUT2D eigenvalue weighted by atomic mass is 9.96. The number of hydrogen-bond donors (Lipinski definition) is 3. The maximum Gasteiger partial charge on any atom is 0.254 e. The maximum absolute atomic E-state index is 13.5. The van der Waals surface area contributed by atoms with E-state index in [1.807, 2.05) is 55.6 Å². The minimum Gasteiger partial charge on any atom is -0.493 e. The number of aromatic amines is 1. The number of aliphatic hydroxyl groups excluding tert-OH is 1. The first-order valence-corrected chi connectivity index (χ1v) is 12.4. The van der Waals surface area contributed by atoms with Crippen LogP contribution in [0.25, 0.3) is 22.0 Å². The third-order valence-corrected chi connectivity index (χ3v) is 6.57. The van der Waals surface area contributed by atoms with E-state index >= 15 is 0 Å². The quantitative estimate of drug-likeness (QED) is 0.215. The fraction of sp³-hybridized carbons (Fsp3) is 0.258. The highest BCUT2D eigenvalue weighted by molar-refractivity contribution is 5.98. The van der Waals surface area contributed by atoms with Gasteiger partial charge in [0.15, 0.2) is 11.5 Å². The predicted molar refractivity (Wildman–Crippen MR) is 150 cm³/mol. The minimum atomic E-state index is -1.14. The molecule has 0 saturated carbocycles. The van der Waals surface area contributed by atoms with E-state index in [0.717, 1.165) is 27.6 Å². The van der Waals surface area contributed by atoms with Crippen LogP contribution in [0.3, 0.4) is 0 Å². The third-order valence-electron chi connectivity index (χ3n) is 6.57. The van der Waals surface area contributed by atoms with Crippen LogP contribution in [-0.4, -0.2) is 57.3 Å². The number of benzene rings is 3. The molecule has 0 aliphatic carbocycles. The molecular formula is C31H32N2O6. The van der Waals surface area contributed by atoms with E-state index < -0.39 is 12.1 Å². The van der Waals surface area contributed by atoms with Gasteiger partial charge in [0.05, 0.1) is 26.9 Å². The Morgan fingerprint density at radius 1 is 0.974 bits per heavy atom. The summed E-state index contributed by atoms with van der Waals surface area (Å²) in [5.74, 6) is 6.53. The molecule has 0 saturated heterocycles. The molecule has 3 aromatic carbocycles. The minimum absolute atomic E-state index is 0.218. The molecule has 0 spiro atoms. The molecule has 4 aromatic rings. The van der Waals surface area contributed by atoms with Crippen LogP contribution in [0.4, 0.5) is 0 Å². The van der Waals surface area contributed by atoms with Crippen molar-refractivity contribution in [1.82, 2.24) is 10.3 Å². The number of fused-ring (bicyclic) bond motifs is 1. The molecule has 1 amide bonds. The van der Waals surface area contributed by atoms with E-state index in [-0.39, 0.29) is 12.5 Å². The second kappa shape index (κ2) is 12.4. The van der Waals surface area contributed by atoms with Gasteiger partial charge in [-0.1, -0.05) is 43.0 Å². The number of aromatic nitrogens is 1. The smallest absolute Gasteiger partial charge is 0.254 e. The first-order chi connectivity index (χ1) is 18.9. The molecule has 0 aliphatic rings. The SMILES string of the molecule is COCC#Cc1ccc(-c2cc(OC)c(OC)c(OC)c2)cc1C(=O)N[C@H](O)C(C)c1c[nH]c2ccccc12. The highest BCUT2D eigenvalue weighted by Gasteiger charge is 2.23. The topological polar surface area (TPSA) is 102 Å². The second-order valence-electron chi connectivity index (χ2n) is 8.91. The van der Waals surface area contributed by atoms with Crippen LogP contribution in [0.1, 0.15) is 34.3 Å². The van der Waals surface area contributed by atoms with Crippen molar-refractivity contribution >= 4 is 16.8 Å². The Morgan fingerprint density at radius 3 is 2.36 bits per heavy atom. The fourth-order valence-electron chi connectivity index (χ4n) is 4.45. The average Bonchev–Trinajstić information content (AvgIpc) is 3.40. The molecule has 0 aliphatic heterocycles. The molecule has 1 heterocycles. The highest BCUT2D eigenvalue weighted by atomic mass is 16.5. The van der Waals surface area contributed by atoms with Crippen molar-refractivity contribution < 1.29 is 28.8 Å². The predicted octanol–water partition coefficient (Wildman–Crippen LogP) is 4.71. The largest absolute Gasteiger partial charge is 0.493 e. The number of para-hydroxylation sites is 1. The first-order valence-electron chi connectivity index (χ1n) is 12.4. The first kappa shape index (κ1) is 27.6. The normalized spacial score (nSPS) is 12.3. The number of nitrogens with one attached hydrogen (secondary N) is 2. The number of carbonyl (C=O) groups excluding carboxylic acids is 1. The van der Waals surface area contributed by atoms with Crippen LogP contribution >= 0.6 is 0 Å². The van der Waals surface area contributed by atoms with Crippen molar-refractivity contribution in [1.29, 1.82) is 0 Å². The monoisotopic (exact) mass is 528 g/mol. The molecule has 202 valence electrons. The van der Waals surface area contributed by atoms with Crippen molar-refractivity contribution in [2.45, 2.75) is 19.1 Å². The Kier molecular flexibility index (Phi) is 8.77. The lowest BCUT2D eigenvalue weighted by Gasteiger charge is -2.21. The number of amides is 1. The van der Waals surface area contributed by atoms with Crippen LogP contribution in [0.5, 0.6) is 17.2 Å². The molecule has 0 fully saturated rings. The zero-order valence-electron chi connectivity index (χ0n) is 22.6. The number of ether oxygens (including phenoxy) is 4. The van der Waals surface area contributed by atoms with Crippen molar-refractivity contribution in [3.8, 4) is 40.2 Å². The van der Waals surface area contributed by atoms with E-state index in [9.17, 15) is 9.90 Å².